The monoisotopic (exact) mass is 649 g/mol. The molecule has 0 spiro atoms. The maximum absolute atomic E-state index is 5.02. The van der Waals surface area contributed by atoms with Crippen LogP contribution < -0.4 is 5.19 Å². The summed E-state index contributed by atoms with van der Waals surface area (Å²) in [7, 11) is -1.34. The molecule has 0 saturated heterocycles. The third-order valence-electron chi connectivity index (χ3n) is 10.0. The predicted octanol–water partition coefficient (Wildman–Crippen LogP) is 11.1. The van der Waals surface area contributed by atoms with Gasteiger partial charge in [0.2, 0.25) is 0 Å². The van der Waals surface area contributed by atoms with Crippen molar-refractivity contribution in [3.05, 3.63) is 157 Å². The van der Waals surface area contributed by atoms with Gasteiger partial charge < -0.3 is 0 Å². The lowest BCUT2D eigenvalue weighted by Crippen LogP contribution is -2.37. The van der Waals surface area contributed by atoms with Gasteiger partial charge in [-0.25, -0.2) is 4.98 Å². The van der Waals surface area contributed by atoms with E-state index >= 15 is 0 Å². The van der Waals surface area contributed by atoms with Gasteiger partial charge in [0.05, 0.1) is 19.5 Å². The van der Waals surface area contributed by atoms with Crippen LogP contribution in [-0.4, -0.2) is 23.0 Å². The number of fused-ring (bicyclic) bond motifs is 3. The summed E-state index contributed by atoms with van der Waals surface area (Å²) in [6.45, 7) is 11.9. The molecule has 0 radical (unpaired) electrons. The highest BCUT2D eigenvalue weighted by Crippen LogP contribution is 2.50. The second-order valence-corrected chi connectivity index (χ2v) is 19.7. The quantitative estimate of drug-likeness (QED) is 0.168. The van der Waals surface area contributed by atoms with Crippen LogP contribution in [0.3, 0.4) is 0 Å². The second-order valence-electron chi connectivity index (χ2n) is 14.7. The van der Waals surface area contributed by atoms with E-state index in [1.807, 2.05) is 24.5 Å². The van der Waals surface area contributed by atoms with E-state index in [0.29, 0.717) is 0 Å². The van der Waals surface area contributed by atoms with Crippen molar-refractivity contribution in [2.45, 2.75) is 38.9 Å². The Morgan fingerprint density at radius 1 is 0.449 bits per heavy atom. The average molecular weight is 650 g/mol. The lowest BCUT2D eigenvalue weighted by Gasteiger charge is -2.23. The topological polar surface area (TPSA) is 38.7 Å². The average Bonchev–Trinajstić information content (AvgIpc) is 3.37. The fourth-order valence-corrected chi connectivity index (χ4v) is 8.33. The number of benzene rings is 4. The number of hydrogen-bond donors (Lipinski definition) is 0. The van der Waals surface area contributed by atoms with Crippen molar-refractivity contribution < 1.29 is 0 Å². The maximum atomic E-state index is 5.02. The Morgan fingerprint density at radius 3 is 1.43 bits per heavy atom. The highest BCUT2D eigenvalue weighted by atomic mass is 28.3. The van der Waals surface area contributed by atoms with Gasteiger partial charge in [-0.1, -0.05) is 105 Å². The van der Waals surface area contributed by atoms with Gasteiger partial charge >= 0.3 is 0 Å². The summed E-state index contributed by atoms with van der Waals surface area (Å²) in [5.74, 6) is 0. The Bertz CT molecular complexity index is 2260. The van der Waals surface area contributed by atoms with Crippen LogP contribution in [0.2, 0.25) is 19.6 Å². The van der Waals surface area contributed by atoms with E-state index in [4.69, 9.17) is 4.98 Å². The van der Waals surface area contributed by atoms with Crippen LogP contribution in [-0.2, 0) is 5.41 Å². The Hall–Kier alpha value is -5.45. The van der Waals surface area contributed by atoms with E-state index in [2.05, 4.69) is 153 Å². The zero-order chi connectivity index (χ0) is 33.8. The first kappa shape index (κ1) is 30.9. The molecule has 3 heterocycles. The highest BCUT2D eigenvalue weighted by Gasteiger charge is 2.36. The first-order valence-corrected chi connectivity index (χ1v) is 20.5. The minimum Gasteiger partial charge on any atom is -0.264 e. The third-order valence-corrected chi connectivity index (χ3v) is 12.1. The van der Waals surface area contributed by atoms with Crippen molar-refractivity contribution >= 4 is 13.3 Å². The summed E-state index contributed by atoms with van der Waals surface area (Å²) in [6, 6.07) is 44.5. The van der Waals surface area contributed by atoms with Gasteiger partial charge in [-0.2, -0.15) is 0 Å². The van der Waals surface area contributed by atoms with Crippen LogP contribution in [0.5, 0.6) is 0 Å². The SMILES string of the molecule is CC1(C)c2cc(-c3ccc([Si](C)(C)C)cc3)ccc2-c2ccc(-c3cccc(-c4cc(-c5cccnc5)nc(-c5cccnc5)c4)c3)cc21. The fourth-order valence-electron chi connectivity index (χ4n) is 7.16. The molecule has 8 rings (SSSR count). The van der Waals surface area contributed by atoms with E-state index in [1.165, 1.54) is 49.7 Å². The molecule has 3 nitrogen and oxygen atoms in total. The summed E-state index contributed by atoms with van der Waals surface area (Å²) in [5.41, 5.74) is 16.3. The van der Waals surface area contributed by atoms with Crippen LogP contribution in [0.4, 0.5) is 0 Å². The number of aromatic nitrogens is 3. The number of hydrogen-bond acceptors (Lipinski definition) is 3. The zero-order valence-corrected chi connectivity index (χ0v) is 29.7. The van der Waals surface area contributed by atoms with E-state index in [-0.39, 0.29) is 5.41 Å². The van der Waals surface area contributed by atoms with E-state index in [9.17, 15) is 0 Å². The van der Waals surface area contributed by atoms with Crippen LogP contribution in [0, 0.1) is 0 Å². The van der Waals surface area contributed by atoms with E-state index in [1.54, 1.807) is 12.4 Å². The summed E-state index contributed by atoms with van der Waals surface area (Å²) in [5, 5.41) is 1.49. The van der Waals surface area contributed by atoms with Crippen LogP contribution in [0.1, 0.15) is 25.0 Å². The first-order valence-electron chi connectivity index (χ1n) is 17.0. The van der Waals surface area contributed by atoms with Crippen LogP contribution in [0.25, 0.3) is 67.0 Å². The number of nitrogens with zero attached hydrogens (tertiary/aromatic N) is 3. The molecule has 0 saturated carbocycles. The third kappa shape index (κ3) is 5.72. The van der Waals surface area contributed by atoms with Crippen molar-refractivity contribution in [3.8, 4) is 67.0 Å². The molecule has 0 aliphatic heterocycles. The van der Waals surface area contributed by atoms with Gasteiger partial charge in [0, 0.05) is 41.3 Å². The molecule has 0 N–H and O–H groups in total. The van der Waals surface area contributed by atoms with Gasteiger partial charge in [-0.15, -0.1) is 0 Å². The Kier molecular flexibility index (Phi) is 7.50. The molecule has 49 heavy (non-hydrogen) atoms. The molecule has 0 unspecified atom stereocenters. The summed E-state index contributed by atoms with van der Waals surface area (Å²) in [4.78, 5) is 13.7. The molecule has 4 heteroatoms. The predicted molar refractivity (Wildman–Crippen MR) is 208 cm³/mol. The van der Waals surface area contributed by atoms with Crippen LogP contribution >= 0.6 is 0 Å². The van der Waals surface area contributed by atoms with Crippen molar-refractivity contribution in [2.75, 3.05) is 0 Å². The first-order chi connectivity index (χ1) is 23.6. The maximum Gasteiger partial charge on any atom is 0.0775 e. The fraction of sp³-hybridized carbons (Fsp3) is 0.133. The highest BCUT2D eigenvalue weighted by molar-refractivity contribution is 6.88. The Labute approximate surface area is 290 Å². The summed E-state index contributed by atoms with van der Waals surface area (Å²) in [6.07, 6.45) is 7.32. The molecular weight excluding hydrogens is 611 g/mol. The smallest absolute Gasteiger partial charge is 0.0775 e. The molecule has 1 aliphatic rings. The van der Waals surface area contributed by atoms with Gasteiger partial charge in [0.25, 0.3) is 0 Å². The molecule has 7 aromatic rings. The zero-order valence-electron chi connectivity index (χ0n) is 28.7. The summed E-state index contributed by atoms with van der Waals surface area (Å²) < 4.78 is 0. The molecule has 3 aromatic heterocycles. The van der Waals surface area contributed by atoms with Crippen molar-refractivity contribution in [3.63, 3.8) is 0 Å². The number of rotatable bonds is 6. The van der Waals surface area contributed by atoms with Gasteiger partial charge in [0.15, 0.2) is 0 Å². The molecule has 0 atom stereocenters. The second kappa shape index (κ2) is 11.9. The molecule has 0 bridgehead atoms. The van der Waals surface area contributed by atoms with Gasteiger partial charge in [-0.3, -0.25) is 9.97 Å². The van der Waals surface area contributed by atoms with Crippen LogP contribution in [0.15, 0.2) is 146 Å². The van der Waals surface area contributed by atoms with E-state index < -0.39 is 8.07 Å². The molecule has 0 amide bonds. The molecule has 0 fully saturated rings. The van der Waals surface area contributed by atoms with Crippen molar-refractivity contribution in [1.82, 2.24) is 15.0 Å². The lowest BCUT2D eigenvalue weighted by molar-refractivity contribution is 0.661. The largest absolute Gasteiger partial charge is 0.264 e. The minimum atomic E-state index is -1.34. The molecular formula is C45H39N3Si. The van der Waals surface area contributed by atoms with Crippen molar-refractivity contribution in [2.24, 2.45) is 0 Å². The van der Waals surface area contributed by atoms with E-state index in [0.717, 1.165) is 33.6 Å². The minimum absolute atomic E-state index is 0.116. The van der Waals surface area contributed by atoms with Crippen molar-refractivity contribution in [1.29, 1.82) is 0 Å². The number of pyridine rings is 3. The molecule has 1 aliphatic carbocycles. The van der Waals surface area contributed by atoms with Gasteiger partial charge in [-0.05, 0) is 110 Å². The Balaban J connectivity index is 1.16. The standard InChI is InChI=1S/C45H39N3Si/c1-45(2)41-24-33(30-13-17-38(18-14-30)49(3,4)5)15-19-39(41)40-20-16-34(25-42(40)45)31-9-6-10-32(23-31)37-26-43(35-11-7-21-46-28-35)48-44(27-37)36-12-8-22-47-29-36/h6-29H,1-5H3. The summed E-state index contributed by atoms with van der Waals surface area (Å²) >= 11 is 0. The Morgan fingerprint density at radius 2 is 0.918 bits per heavy atom. The molecule has 238 valence electrons. The van der Waals surface area contributed by atoms with Gasteiger partial charge in [0.1, 0.15) is 0 Å². The molecule has 4 aromatic carbocycles. The normalized spacial score (nSPS) is 13.2. The lowest BCUT2D eigenvalue weighted by atomic mass is 9.80.